The van der Waals surface area contributed by atoms with E-state index in [1.807, 2.05) is 0 Å². The van der Waals surface area contributed by atoms with Crippen molar-refractivity contribution in [3.8, 4) is 0 Å². The average Bonchev–Trinajstić information content (AvgIpc) is 2.80. The molecule has 0 amide bonds. The summed E-state index contributed by atoms with van der Waals surface area (Å²) in [5, 5.41) is 0.935. The maximum atomic E-state index is 12.4. The van der Waals surface area contributed by atoms with Gasteiger partial charge in [-0.15, -0.1) is 0 Å². The molecule has 2 saturated heterocycles. The molecule has 1 atom stereocenters. The van der Waals surface area contributed by atoms with Gasteiger partial charge in [-0.25, -0.2) is 0 Å². The van der Waals surface area contributed by atoms with Crippen molar-refractivity contribution < 1.29 is 4.79 Å². The predicted molar refractivity (Wildman–Crippen MR) is 86.4 cm³/mol. The third kappa shape index (κ3) is 3.59. The minimum Gasteiger partial charge on any atom is -0.299 e. The quantitative estimate of drug-likeness (QED) is 0.796. The van der Waals surface area contributed by atoms with Crippen molar-refractivity contribution >= 4 is 29.0 Å². The van der Waals surface area contributed by atoms with Crippen LogP contribution in [-0.4, -0.2) is 54.3 Å². The number of halogens is 2. The monoisotopic (exact) mass is 326 g/mol. The maximum Gasteiger partial charge on any atom is 0.176 e. The molecule has 2 aliphatic heterocycles. The normalized spacial score (nSPS) is 23.8. The van der Waals surface area contributed by atoms with Gasteiger partial charge in [-0.3, -0.25) is 14.6 Å². The first-order valence-corrected chi connectivity index (χ1v) is 8.34. The van der Waals surface area contributed by atoms with Gasteiger partial charge < -0.3 is 0 Å². The largest absolute Gasteiger partial charge is 0.299 e. The highest BCUT2D eigenvalue weighted by atomic mass is 35.5. The van der Waals surface area contributed by atoms with E-state index in [9.17, 15) is 4.79 Å². The van der Waals surface area contributed by atoms with Crippen LogP contribution in [0.15, 0.2) is 18.2 Å². The third-order valence-electron chi connectivity index (χ3n) is 4.50. The molecule has 114 valence electrons. The zero-order chi connectivity index (χ0) is 14.8. The van der Waals surface area contributed by atoms with Crippen molar-refractivity contribution in [3.63, 3.8) is 0 Å². The standard InChI is InChI=1S/C16H20Cl2N2O/c17-14-5-4-12(9-15(14)18)16(21)11-19-6-2-8-20-7-1-3-13(20)10-19/h4-5,9,13H,1-3,6-8,10-11H2. The fraction of sp³-hybridized carbons (Fsp3) is 0.562. The van der Waals surface area contributed by atoms with Gasteiger partial charge in [-0.1, -0.05) is 23.2 Å². The molecule has 0 N–H and O–H groups in total. The van der Waals surface area contributed by atoms with Gasteiger partial charge in [0, 0.05) is 18.2 Å². The van der Waals surface area contributed by atoms with E-state index in [0.29, 0.717) is 28.2 Å². The summed E-state index contributed by atoms with van der Waals surface area (Å²) in [5.74, 6) is 0.125. The van der Waals surface area contributed by atoms with Crippen molar-refractivity contribution in [2.24, 2.45) is 0 Å². The summed E-state index contributed by atoms with van der Waals surface area (Å²) in [7, 11) is 0. The van der Waals surface area contributed by atoms with Gasteiger partial charge in [0.1, 0.15) is 0 Å². The number of nitrogens with zero attached hydrogens (tertiary/aromatic N) is 2. The van der Waals surface area contributed by atoms with Gasteiger partial charge >= 0.3 is 0 Å². The number of rotatable bonds is 3. The minimum atomic E-state index is 0.125. The SMILES string of the molecule is O=C(CN1CCCN2CCCC2C1)c1ccc(Cl)c(Cl)c1. The topological polar surface area (TPSA) is 23.6 Å². The second-order valence-electron chi connectivity index (χ2n) is 5.97. The Balaban J connectivity index is 1.64. The molecule has 0 radical (unpaired) electrons. The molecular formula is C16H20Cl2N2O. The second-order valence-corrected chi connectivity index (χ2v) is 6.79. The molecule has 0 aromatic heterocycles. The van der Waals surface area contributed by atoms with Gasteiger partial charge in [0.05, 0.1) is 16.6 Å². The van der Waals surface area contributed by atoms with Gasteiger partial charge in [-0.2, -0.15) is 0 Å². The highest BCUT2D eigenvalue weighted by molar-refractivity contribution is 6.42. The first kappa shape index (κ1) is 15.3. The summed E-state index contributed by atoms with van der Waals surface area (Å²) in [6.45, 7) is 4.87. The average molecular weight is 327 g/mol. The van der Waals surface area contributed by atoms with Gasteiger partial charge in [0.2, 0.25) is 0 Å². The lowest BCUT2D eigenvalue weighted by Crippen LogP contribution is -2.38. The van der Waals surface area contributed by atoms with Crippen molar-refractivity contribution in [1.29, 1.82) is 0 Å². The lowest BCUT2D eigenvalue weighted by atomic mass is 10.1. The number of ketones is 1. The van der Waals surface area contributed by atoms with Crippen molar-refractivity contribution in [2.75, 3.05) is 32.7 Å². The Hall–Kier alpha value is -0.610. The summed E-state index contributed by atoms with van der Waals surface area (Å²) >= 11 is 11.9. The van der Waals surface area contributed by atoms with E-state index < -0.39 is 0 Å². The molecule has 1 aromatic carbocycles. The molecule has 0 spiro atoms. The van der Waals surface area contributed by atoms with Crippen LogP contribution >= 0.6 is 23.2 Å². The first-order chi connectivity index (χ1) is 10.1. The molecule has 5 heteroatoms. The smallest absolute Gasteiger partial charge is 0.176 e. The van der Waals surface area contributed by atoms with Crippen LogP contribution in [0.1, 0.15) is 29.6 Å². The molecule has 1 unspecified atom stereocenters. The molecule has 0 saturated carbocycles. The van der Waals surface area contributed by atoms with E-state index in [1.165, 1.54) is 25.9 Å². The first-order valence-electron chi connectivity index (χ1n) is 7.58. The predicted octanol–water partition coefficient (Wildman–Crippen LogP) is 3.35. The molecule has 2 aliphatic rings. The number of hydrogen-bond acceptors (Lipinski definition) is 3. The Morgan fingerprint density at radius 2 is 1.95 bits per heavy atom. The fourth-order valence-electron chi connectivity index (χ4n) is 3.39. The van der Waals surface area contributed by atoms with Gasteiger partial charge in [0.25, 0.3) is 0 Å². The van der Waals surface area contributed by atoms with E-state index in [0.717, 1.165) is 19.5 Å². The van der Waals surface area contributed by atoms with E-state index in [1.54, 1.807) is 18.2 Å². The number of carbonyl (C=O) groups excluding carboxylic acids is 1. The Labute approximate surface area is 135 Å². The van der Waals surface area contributed by atoms with Gasteiger partial charge in [0.15, 0.2) is 5.78 Å². The van der Waals surface area contributed by atoms with Gasteiger partial charge in [-0.05, 0) is 57.1 Å². The fourth-order valence-corrected chi connectivity index (χ4v) is 3.69. The minimum absolute atomic E-state index is 0.125. The van der Waals surface area contributed by atoms with E-state index >= 15 is 0 Å². The Bertz CT molecular complexity index is 535. The lowest BCUT2D eigenvalue weighted by Gasteiger charge is -2.25. The van der Waals surface area contributed by atoms with Crippen LogP contribution in [-0.2, 0) is 0 Å². The van der Waals surface area contributed by atoms with E-state index in [2.05, 4.69) is 9.80 Å². The second kappa shape index (κ2) is 6.66. The van der Waals surface area contributed by atoms with Crippen LogP contribution < -0.4 is 0 Å². The third-order valence-corrected chi connectivity index (χ3v) is 5.24. The van der Waals surface area contributed by atoms with E-state index in [-0.39, 0.29) is 5.78 Å². The highest BCUT2D eigenvalue weighted by Crippen LogP contribution is 2.24. The summed E-state index contributed by atoms with van der Waals surface area (Å²) in [5.41, 5.74) is 0.650. The van der Waals surface area contributed by atoms with Crippen molar-refractivity contribution in [2.45, 2.75) is 25.3 Å². The van der Waals surface area contributed by atoms with Crippen LogP contribution in [0, 0.1) is 0 Å². The van der Waals surface area contributed by atoms with Crippen LogP contribution in [0.2, 0.25) is 10.0 Å². The molecule has 1 aromatic rings. The van der Waals surface area contributed by atoms with Crippen molar-refractivity contribution in [1.82, 2.24) is 9.80 Å². The molecule has 0 aliphatic carbocycles. The molecule has 2 fully saturated rings. The van der Waals surface area contributed by atoms with Crippen LogP contribution in [0.3, 0.4) is 0 Å². The highest BCUT2D eigenvalue weighted by Gasteiger charge is 2.29. The Morgan fingerprint density at radius 1 is 1.14 bits per heavy atom. The lowest BCUT2D eigenvalue weighted by molar-refractivity contribution is 0.0925. The number of fused-ring (bicyclic) bond motifs is 1. The number of benzene rings is 1. The summed E-state index contributed by atoms with van der Waals surface area (Å²) in [6.07, 6.45) is 3.70. The van der Waals surface area contributed by atoms with E-state index in [4.69, 9.17) is 23.2 Å². The van der Waals surface area contributed by atoms with Crippen LogP contribution in [0.4, 0.5) is 0 Å². The molecule has 21 heavy (non-hydrogen) atoms. The number of Topliss-reactive ketones (excluding diaryl/α,β-unsaturated/α-hetero) is 1. The zero-order valence-electron chi connectivity index (χ0n) is 12.0. The van der Waals surface area contributed by atoms with Crippen LogP contribution in [0.5, 0.6) is 0 Å². The number of carbonyl (C=O) groups is 1. The maximum absolute atomic E-state index is 12.4. The molecule has 0 bridgehead atoms. The molecular weight excluding hydrogens is 307 g/mol. The molecule has 3 rings (SSSR count). The summed E-state index contributed by atoms with van der Waals surface area (Å²) in [6, 6.07) is 5.76. The summed E-state index contributed by atoms with van der Waals surface area (Å²) < 4.78 is 0. The summed E-state index contributed by atoms with van der Waals surface area (Å²) in [4.78, 5) is 17.3. The van der Waals surface area contributed by atoms with Crippen molar-refractivity contribution in [3.05, 3.63) is 33.8 Å². The molecule has 3 nitrogen and oxygen atoms in total. The van der Waals surface area contributed by atoms with Crippen LogP contribution in [0.25, 0.3) is 0 Å². The molecule has 2 heterocycles. The Morgan fingerprint density at radius 3 is 2.76 bits per heavy atom. The Kier molecular flexibility index (Phi) is 4.85. The number of hydrogen-bond donors (Lipinski definition) is 0. The zero-order valence-corrected chi connectivity index (χ0v) is 13.5.